The molecule has 2 heterocycles. The number of halogens is 2. The van der Waals surface area contributed by atoms with Gasteiger partial charge in [-0.1, -0.05) is 40.4 Å². The van der Waals surface area contributed by atoms with E-state index in [-0.39, 0.29) is 9.10 Å². The van der Waals surface area contributed by atoms with Gasteiger partial charge in [0.2, 0.25) is 9.84 Å². The van der Waals surface area contributed by atoms with Crippen LogP contribution in [0.25, 0.3) is 31.8 Å². The number of nitrogens with zero attached hydrogens (tertiary/aromatic N) is 4. The first-order chi connectivity index (χ1) is 13.9. The van der Waals surface area contributed by atoms with Crippen LogP contribution in [0, 0.1) is 0 Å². The van der Waals surface area contributed by atoms with E-state index in [0.717, 1.165) is 11.3 Å². The summed E-state index contributed by atoms with van der Waals surface area (Å²) in [5, 5.41) is 5.16. The molecule has 0 unspecified atom stereocenters. The number of pyridine rings is 1. The van der Waals surface area contributed by atoms with Gasteiger partial charge in [-0.3, -0.25) is 0 Å². The Kier molecular flexibility index (Phi) is 5.21. The highest BCUT2D eigenvalue weighted by Crippen LogP contribution is 2.46. The minimum atomic E-state index is -3.89. The molecule has 0 saturated heterocycles. The van der Waals surface area contributed by atoms with Crippen LogP contribution in [0.15, 0.2) is 75.0 Å². The molecular weight excluding hydrogens is 451 g/mol. The Morgan fingerprint density at radius 3 is 2.21 bits per heavy atom. The van der Waals surface area contributed by atoms with Crippen LogP contribution in [0.2, 0.25) is 10.0 Å². The van der Waals surface area contributed by atoms with Gasteiger partial charge in [0.05, 0.1) is 4.90 Å². The van der Waals surface area contributed by atoms with Crippen molar-refractivity contribution in [1.29, 1.82) is 0 Å². The van der Waals surface area contributed by atoms with E-state index >= 15 is 0 Å². The van der Waals surface area contributed by atoms with E-state index in [4.69, 9.17) is 28.7 Å². The van der Waals surface area contributed by atoms with Crippen molar-refractivity contribution >= 4 is 60.3 Å². The minimum absolute atomic E-state index is 0.102. The smallest absolute Gasteiger partial charge is 0.216 e. The molecule has 144 valence electrons. The standard InChI is InChI=1S/C19H10Cl2N4O2S2/c20-12-3-1-11(2-4-12)16-17-15(24-25-22)9-10-23-18(17)28-19(16)29(26,27)14-7-5-13(21)6-8-14/h1-10H. The molecule has 0 atom stereocenters. The lowest BCUT2D eigenvalue weighted by Gasteiger charge is -2.08. The van der Waals surface area contributed by atoms with Gasteiger partial charge in [-0.2, -0.15) is 0 Å². The number of thiophene rings is 1. The van der Waals surface area contributed by atoms with Gasteiger partial charge in [0.15, 0.2) is 0 Å². The van der Waals surface area contributed by atoms with Crippen LogP contribution in [0.3, 0.4) is 0 Å². The summed E-state index contributed by atoms with van der Waals surface area (Å²) in [6, 6.07) is 14.3. The second-order valence-electron chi connectivity index (χ2n) is 5.93. The Morgan fingerprint density at radius 2 is 1.59 bits per heavy atom. The van der Waals surface area contributed by atoms with Crippen molar-refractivity contribution in [3.05, 3.63) is 81.3 Å². The summed E-state index contributed by atoms with van der Waals surface area (Å²) in [4.78, 5) is 7.71. The van der Waals surface area contributed by atoms with Gasteiger partial charge in [-0.25, -0.2) is 13.4 Å². The van der Waals surface area contributed by atoms with Gasteiger partial charge in [0.25, 0.3) is 0 Å². The molecule has 10 heteroatoms. The molecule has 0 N–H and O–H groups in total. The van der Waals surface area contributed by atoms with Crippen LogP contribution < -0.4 is 0 Å². The molecular formula is C19H10Cl2N4O2S2. The molecule has 2 aromatic heterocycles. The highest BCUT2D eigenvalue weighted by atomic mass is 35.5. The number of benzene rings is 2. The first-order valence-corrected chi connectivity index (χ1v) is 11.2. The van der Waals surface area contributed by atoms with E-state index in [1.807, 2.05) is 0 Å². The van der Waals surface area contributed by atoms with E-state index in [1.165, 1.54) is 30.5 Å². The number of azide groups is 1. The number of fused-ring (bicyclic) bond motifs is 1. The molecule has 0 aliphatic heterocycles. The molecule has 0 radical (unpaired) electrons. The van der Waals surface area contributed by atoms with Crippen molar-refractivity contribution in [3.8, 4) is 11.1 Å². The van der Waals surface area contributed by atoms with Gasteiger partial charge in [-0.15, -0.1) is 11.3 Å². The fourth-order valence-corrected chi connectivity index (χ4v) is 6.24. The Hall–Kier alpha value is -2.61. The molecule has 0 fully saturated rings. The number of hydrogen-bond donors (Lipinski definition) is 0. The second kappa shape index (κ2) is 7.67. The average Bonchev–Trinajstić information content (AvgIpc) is 3.11. The van der Waals surface area contributed by atoms with Gasteiger partial charge in [0.1, 0.15) is 9.04 Å². The summed E-state index contributed by atoms with van der Waals surface area (Å²) in [5.41, 5.74) is 10.3. The van der Waals surface area contributed by atoms with Gasteiger partial charge in [-0.05, 0) is 53.6 Å². The summed E-state index contributed by atoms with van der Waals surface area (Å²) in [6.45, 7) is 0. The van der Waals surface area contributed by atoms with Gasteiger partial charge >= 0.3 is 0 Å². The van der Waals surface area contributed by atoms with E-state index in [1.54, 1.807) is 30.3 Å². The van der Waals surface area contributed by atoms with Gasteiger partial charge < -0.3 is 0 Å². The summed E-state index contributed by atoms with van der Waals surface area (Å²) in [7, 11) is -3.89. The quantitative estimate of drug-likeness (QED) is 0.185. The molecule has 0 bridgehead atoms. The molecule has 0 aliphatic carbocycles. The summed E-state index contributed by atoms with van der Waals surface area (Å²) >= 11 is 12.9. The van der Waals surface area contributed by atoms with Crippen molar-refractivity contribution in [3.63, 3.8) is 0 Å². The minimum Gasteiger partial charge on any atom is -0.245 e. The SMILES string of the molecule is [N-]=[N+]=Nc1ccnc2sc(S(=O)(=O)c3ccc(Cl)cc3)c(-c3ccc(Cl)cc3)c12. The number of hydrogen-bond acceptors (Lipinski definition) is 5. The molecule has 0 amide bonds. The zero-order chi connectivity index (χ0) is 20.6. The number of sulfone groups is 1. The Balaban J connectivity index is 2.10. The van der Waals surface area contributed by atoms with E-state index in [0.29, 0.717) is 37.1 Å². The van der Waals surface area contributed by atoms with Gasteiger partial charge in [0, 0.05) is 37.8 Å². The summed E-state index contributed by atoms with van der Waals surface area (Å²) < 4.78 is 27.0. The molecule has 4 rings (SSSR count). The van der Waals surface area contributed by atoms with Crippen LogP contribution in [-0.4, -0.2) is 13.4 Å². The predicted molar refractivity (Wildman–Crippen MR) is 116 cm³/mol. The third kappa shape index (κ3) is 3.57. The fraction of sp³-hybridized carbons (Fsp3) is 0. The highest BCUT2D eigenvalue weighted by molar-refractivity contribution is 7.93. The van der Waals surface area contributed by atoms with E-state index < -0.39 is 9.84 Å². The fourth-order valence-electron chi connectivity index (χ4n) is 2.91. The van der Waals surface area contributed by atoms with E-state index in [9.17, 15) is 8.42 Å². The van der Waals surface area contributed by atoms with Crippen molar-refractivity contribution in [2.45, 2.75) is 9.10 Å². The zero-order valence-electron chi connectivity index (χ0n) is 14.5. The first kappa shape index (κ1) is 19.7. The molecule has 29 heavy (non-hydrogen) atoms. The third-order valence-electron chi connectivity index (χ3n) is 4.19. The summed E-state index contributed by atoms with van der Waals surface area (Å²) in [6.07, 6.45) is 1.48. The van der Waals surface area contributed by atoms with Crippen molar-refractivity contribution in [2.75, 3.05) is 0 Å². The van der Waals surface area contributed by atoms with Crippen LogP contribution >= 0.6 is 34.5 Å². The van der Waals surface area contributed by atoms with Crippen LogP contribution in [0.5, 0.6) is 0 Å². The second-order valence-corrected chi connectivity index (χ2v) is 9.95. The maximum atomic E-state index is 13.5. The molecule has 0 aliphatic rings. The lowest BCUT2D eigenvalue weighted by molar-refractivity contribution is 0.598. The predicted octanol–water partition coefficient (Wildman–Crippen LogP) is 7.04. The topological polar surface area (TPSA) is 95.8 Å². The lowest BCUT2D eigenvalue weighted by Crippen LogP contribution is -2.01. The monoisotopic (exact) mass is 460 g/mol. The highest BCUT2D eigenvalue weighted by Gasteiger charge is 2.28. The van der Waals surface area contributed by atoms with E-state index in [2.05, 4.69) is 15.0 Å². The molecule has 0 spiro atoms. The van der Waals surface area contributed by atoms with Crippen LogP contribution in [-0.2, 0) is 9.84 Å². The van der Waals surface area contributed by atoms with Crippen molar-refractivity contribution in [2.24, 2.45) is 5.11 Å². The van der Waals surface area contributed by atoms with Crippen molar-refractivity contribution in [1.82, 2.24) is 4.98 Å². The molecule has 0 saturated carbocycles. The Morgan fingerprint density at radius 1 is 0.966 bits per heavy atom. The Bertz CT molecular complexity index is 1380. The van der Waals surface area contributed by atoms with Crippen LogP contribution in [0.4, 0.5) is 5.69 Å². The van der Waals surface area contributed by atoms with Crippen LogP contribution in [0.1, 0.15) is 0 Å². The third-order valence-corrected chi connectivity index (χ3v) is 8.08. The summed E-state index contributed by atoms with van der Waals surface area (Å²) in [5.74, 6) is 0. The molecule has 6 nitrogen and oxygen atoms in total. The lowest BCUT2D eigenvalue weighted by atomic mass is 10.1. The number of rotatable bonds is 4. The first-order valence-electron chi connectivity index (χ1n) is 8.15. The zero-order valence-corrected chi connectivity index (χ0v) is 17.6. The maximum absolute atomic E-state index is 13.5. The largest absolute Gasteiger partial charge is 0.245 e. The molecule has 2 aromatic carbocycles. The number of aromatic nitrogens is 1. The normalized spacial score (nSPS) is 11.4. The Labute approximate surface area is 179 Å². The molecule has 4 aromatic rings. The average molecular weight is 461 g/mol. The maximum Gasteiger partial charge on any atom is 0.216 e. The van der Waals surface area contributed by atoms with Crippen molar-refractivity contribution < 1.29 is 8.42 Å².